The summed E-state index contributed by atoms with van der Waals surface area (Å²) in [5, 5.41) is 1.04. The summed E-state index contributed by atoms with van der Waals surface area (Å²) in [6.45, 7) is 0. The van der Waals surface area contributed by atoms with E-state index < -0.39 is 0 Å². The number of nitrogens with zero attached hydrogens (tertiary/aromatic N) is 3. The third kappa shape index (κ3) is 2.50. The number of fused-ring (bicyclic) bond motifs is 1. The maximum Gasteiger partial charge on any atom is 0.169 e. The molecule has 3 nitrogen and oxygen atoms in total. The van der Waals surface area contributed by atoms with Crippen molar-refractivity contribution >= 4 is 33.3 Å². The number of halogens is 1. The maximum absolute atomic E-state index is 4.53. The van der Waals surface area contributed by atoms with Crippen LogP contribution in [-0.2, 0) is 0 Å². The van der Waals surface area contributed by atoms with Gasteiger partial charge in [-0.1, -0.05) is 12.8 Å². The Kier molecular flexibility index (Phi) is 3.38. The van der Waals surface area contributed by atoms with Crippen molar-refractivity contribution in [3.8, 4) is 0 Å². The van der Waals surface area contributed by atoms with Gasteiger partial charge in [0.25, 0.3) is 0 Å². The van der Waals surface area contributed by atoms with Gasteiger partial charge in [0.05, 0.1) is 0 Å². The minimum absolute atomic E-state index is 0.871. The molecule has 0 amide bonds. The highest BCUT2D eigenvalue weighted by Gasteiger charge is 2.16. The lowest BCUT2D eigenvalue weighted by Crippen LogP contribution is -1.99. The highest BCUT2D eigenvalue weighted by Crippen LogP contribution is 2.31. The van der Waals surface area contributed by atoms with Crippen LogP contribution >= 0.6 is 27.7 Å². The molecule has 90 valence electrons. The van der Waals surface area contributed by atoms with Crippen molar-refractivity contribution in [2.24, 2.45) is 5.92 Å². The van der Waals surface area contributed by atoms with Gasteiger partial charge in [0.15, 0.2) is 5.65 Å². The first kappa shape index (κ1) is 11.5. The van der Waals surface area contributed by atoms with Gasteiger partial charge in [0, 0.05) is 24.3 Å². The fourth-order valence-corrected chi connectivity index (χ4v) is 4.04. The summed E-state index contributed by atoms with van der Waals surface area (Å²) < 4.78 is 2.89. The van der Waals surface area contributed by atoms with E-state index in [1.807, 2.05) is 34.8 Å². The Labute approximate surface area is 113 Å². The molecule has 2 heterocycles. The predicted octanol–water partition coefficient (Wildman–Crippen LogP) is 3.77. The summed E-state index contributed by atoms with van der Waals surface area (Å²) in [5.41, 5.74) is 0.969. The number of hydrogen-bond acceptors (Lipinski definition) is 3. The van der Waals surface area contributed by atoms with Crippen LogP contribution in [0.3, 0.4) is 0 Å². The van der Waals surface area contributed by atoms with Gasteiger partial charge in [-0.05, 0) is 34.7 Å². The molecule has 1 saturated carbocycles. The lowest BCUT2D eigenvalue weighted by molar-refractivity contribution is 0.623. The molecule has 0 radical (unpaired) electrons. The lowest BCUT2D eigenvalue weighted by Gasteiger charge is -2.08. The Hall–Kier alpha value is -0.550. The summed E-state index contributed by atoms with van der Waals surface area (Å²) in [6, 6.07) is 0. The van der Waals surface area contributed by atoms with Gasteiger partial charge in [0.2, 0.25) is 0 Å². The third-order valence-electron chi connectivity index (χ3n) is 3.24. The highest BCUT2D eigenvalue weighted by molar-refractivity contribution is 9.10. The van der Waals surface area contributed by atoms with Gasteiger partial charge in [-0.2, -0.15) is 0 Å². The lowest BCUT2D eigenvalue weighted by atomic mass is 10.1. The van der Waals surface area contributed by atoms with Crippen LogP contribution in [0, 0.1) is 5.92 Å². The molecule has 0 unspecified atom stereocenters. The summed E-state index contributed by atoms with van der Waals surface area (Å²) in [6.07, 6.45) is 11.3. The van der Waals surface area contributed by atoms with E-state index in [0.29, 0.717) is 0 Å². The van der Waals surface area contributed by atoms with E-state index in [1.165, 1.54) is 31.4 Å². The Morgan fingerprint density at radius 2 is 2.24 bits per heavy atom. The predicted molar refractivity (Wildman–Crippen MR) is 73.4 cm³/mol. The van der Waals surface area contributed by atoms with Gasteiger partial charge >= 0.3 is 0 Å². The summed E-state index contributed by atoms with van der Waals surface area (Å²) in [4.78, 5) is 8.89. The average molecular weight is 312 g/mol. The molecule has 5 heteroatoms. The van der Waals surface area contributed by atoms with Crippen LogP contribution in [0.2, 0.25) is 0 Å². The van der Waals surface area contributed by atoms with E-state index in [0.717, 1.165) is 21.2 Å². The quantitative estimate of drug-likeness (QED) is 0.808. The molecule has 1 aliphatic carbocycles. The molecule has 2 aromatic heterocycles. The van der Waals surface area contributed by atoms with Gasteiger partial charge in [-0.3, -0.25) is 0 Å². The molecule has 0 aromatic carbocycles. The van der Waals surface area contributed by atoms with Crippen molar-refractivity contribution in [3.05, 3.63) is 23.2 Å². The van der Waals surface area contributed by atoms with Gasteiger partial charge in [-0.25, -0.2) is 9.97 Å². The first-order chi connectivity index (χ1) is 8.33. The monoisotopic (exact) mass is 311 g/mol. The van der Waals surface area contributed by atoms with Crippen molar-refractivity contribution in [2.75, 3.05) is 5.75 Å². The van der Waals surface area contributed by atoms with Crippen molar-refractivity contribution in [1.29, 1.82) is 0 Å². The fraction of sp³-hybridized carbons (Fsp3) is 0.500. The second kappa shape index (κ2) is 4.98. The van der Waals surface area contributed by atoms with Crippen molar-refractivity contribution < 1.29 is 0 Å². The zero-order valence-electron chi connectivity index (χ0n) is 9.47. The van der Waals surface area contributed by atoms with Crippen LogP contribution in [0.5, 0.6) is 0 Å². The average Bonchev–Trinajstić information content (AvgIpc) is 2.95. The van der Waals surface area contributed by atoms with E-state index in [4.69, 9.17) is 0 Å². The minimum atomic E-state index is 0.871. The van der Waals surface area contributed by atoms with E-state index >= 15 is 0 Å². The highest BCUT2D eigenvalue weighted by atomic mass is 79.9. The fourth-order valence-electron chi connectivity index (χ4n) is 2.34. The molecule has 17 heavy (non-hydrogen) atoms. The Bertz CT molecular complexity index is 519. The van der Waals surface area contributed by atoms with E-state index in [-0.39, 0.29) is 0 Å². The van der Waals surface area contributed by atoms with Crippen LogP contribution in [-0.4, -0.2) is 20.1 Å². The summed E-state index contributed by atoms with van der Waals surface area (Å²) in [7, 11) is 0. The minimum Gasteiger partial charge on any atom is -0.302 e. The van der Waals surface area contributed by atoms with E-state index in [9.17, 15) is 0 Å². The van der Waals surface area contributed by atoms with E-state index in [2.05, 4.69) is 25.9 Å². The van der Waals surface area contributed by atoms with Gasteiger partial charge < -0.3 is 4.40 Å². The van der Waals surface area contributed by atoms with Crippen LogP contribution < -0.4 is 0 Å². The Morgan fingerprint density at radius 1 is 1.41 bits per heavy atom. The SMILES string of the molecule is Brc1cn2ccnc2c(SCC2CCCC2)n1. The molecule has 1 aliphatic rings. The Balaban J connectivity index is 1.81. The second-order valence-corrected chi connectivity index (χ2v) is 6.31. The number of rotatable bonds is 3. The number of hydrogen-bond donors (Lipinski definition) is 0. The normalized spacial score (nSPS) is 17.0. The van der Waals surface area contributed by atoms with Crippen LogP contribution in [0.1, 0.15) is 25.7 Å². The van der Waals surface area contributed by atoms with Crippen LogP contribution in [0.15, 0.2) is 28.2 Å². The van der Waals surface area contributed by atoms with Crippen LogP contribution in [0.25, 0.3) is 5.65 Å². The molecule has 1 fully saturated rings. The molecule has 0 spiro atoms. The molecule has 0 N–H and O–H groups in total. The van der Waals surface area contributed by atoms with Gasteiger partial charge in [0.1, 0.15) is 9.63 Å². The second-order valence-electron chi connectivity index (χ2n) is 4.49. The summed E-state index contributed by atoms with van der Waals surface area (Å²) >= 11 is 5.29. The van der Waals surface area contributed by atoms with Crippen molar-refractivity contribution in [1.82, 2.24) is 14.4 Å². The zero-order valence-corrected chi connectivity index (χ0v) is 11.9. The largest absolute Gasteiger partial charge is 0.302 e. The molecular weight excluding hydrogens is 298 g/mol. The number of imidazole rings is 1. The molecule has 2 aromatic rings. The molecule has 3 rings (SSSR count). The van der Waals surface area contributed by atoms with Crippen molar-refractivity contribution in [3.63, 3.8) is 0 Å². The molecular formula is C12H14BrN3S. The topological polar surface area (TPSA) is 30.2 Å². The molecule has 0 atom stereocenters. The molecule has 0 bridgehead atoms. The third-order valence-corrected chi connectivity index (χ3v) is 4.81. The van der Waals surface area contributed by atoms with Gasteiger partial charge in [-0.15, -0.1) is 11.8 Å². The van der Waals surface area contributed by atoms with Crippen molar-refractivity contribution in [2.45, 2.75) is 30.7 Å². The molecule has 0 saturated heterocycles. The smallest absolute Gasteiger partial charge is 0.169 e. The first-order valence-corrected chi connectivity index (χ1v) is 7.73. The standard InChI is InChI=1S/C12H14BrN3S/c13-10-7-16-6-5-14-11(16)12(15-10)17-8-9-3-1-2-4-9/h5-7,9H,1-4,8H2. The number of aromatic nitrogens is 3. The Morgan fingerprint density at radius 3 is 3.06 bits per heavy atom. The zero-order chi connectivity index (χ0) is 11.7. The first-order valence-electron chi connectivity index (χ1n) is 5.95. The van der Waals surface area contributed by atoms with Crippen LogP contribution in [0.4, 0.5) is 0 Å². The maximum atomic E-state index is 4.53. The number of thioether (sulfide) groups is 1. The molecule has 0 aliphatic heterocycles. The van der Waals surface area contributed by atoms with E-state index in [1.54, 1.807) is 0 Å². The summed E-state index contributed by atoms with van der Waals surface area (Å²) in [5.74, 6) is 2.04.